The molecule has 4 heteroatoms. The van der Waals surface area contributed by atoms with Crippen LogP contribution in [0.15, 0.2) is 24.3 Å². The molecule has 0 N–H and O–H groups in total. The molecule has 0 spiro atoms. The summed E-state index contributed by atoms with van der Waals surface area (Å²) in [6.45, 7) is 2.25. The van der Waals surface area contributed by atoms with Crippen LogP contribution in [0, 0.1) is 22.7 Å². The highest BCUT2D eigenvalue weighted by molar-refractivity contribution is 5.42. The van der Waals surface area contributed by atoms with Gasteiger partial charge < -0.3 is 9.64 Å². The standard InChI is InChI=1S/C14H17N3O/c1-17(9-4-8-15)10-5-11-18-14-7-3-2-6-13(14)12-16/h2-3,6-7H,4-5,9-11H2,1H3. The normalized spacial score (nSPS) is 9.78. The average molecular weight is 243 g/mol. The van der Waals surface area contributed by atoms with E-state index in [0.29, 0.717) is 24.3 Å². The van der Waals surface area contributed by atoms with E-state index < -0.39 is 0 Å². The molecule has 1 aromatic carbocycles. The van der Waals surface area contributed by atoms with Crippen molar-refractivity contribution in [3.05, 3.63) is 29.8 Å². The van der Waals surface area contributed by atoms with Gasteiger partial charge in [-0.3, -0.25) is 0 Å². The summed E-state index contributed by atoms with van der Waals surface area (Å²) in [5.74, 6) is 0.639. The van der Waals surface area contributed by atoms with E-state index >= 15 is 0 Å². The van der Waals surface area contributed by atoms with Crippen molar-refractivity contribution < 1.29 is 4.74 Å². The second-order valence-corrected chi connectivity index (χ2v) is 4.02. The van der Waals surface area contributed by atoms with Crippen LogP contribution >= 0.6 is 0 Å². The van der Waals surface area contributed by atoms with E-state index in [0.717, 1.165) is 19.5 Å². The molecule has 0 unspecified atom stereocenters. The van der Waals surface area contributed by atoms with Crippen molar-refractivity contribution in [1.82, 2.24) is 4.90 Å². The number of ether oxygens (including phenoxy) is 1. The van der Waals surface area contributed by atoms with Crippen molar-refractivity contribution in [3.63, 3.8) is 0 Å². The fraction of sp³-hybridized carbons (Fsp3) is 0.429. The minimum Gasteiger partial charge on any atom is -0.492 e. The monoisotopic (exact) mass is 243 g/mol. The van der Waals surface area contributed by atoms with Crippen LogP contribution in [0.2, 0.25) is 0 Å². The molecule has 0 aromatic heterocycles. The number of hydrogen-bond acceptors (Lipinski definition) is 4. The van der Waals surface area contributed by atoms with Gasteiger partial charge in [-0.1, -0.05) is 12.1 Å². The first-order valence-corrected chi connectivity index (χ1v) is 5.95. The van der Waals surface area contributed by atoms with Crippen LogP contribution in [0.4, 0.5) is 0 Å². The van der Waals surface area contributed by atoms with Gasteiger partial charge >= 0.3 is 0 Å². The Hall–Kier alpha value is -2.04. The molecule has 0 aliphatic carbocycles. The Kier molecular flexibility index (Phi) is 6.32. The van der Waals surface area contributed by atoms with Gasteiger partial charge in [-0.25, -0.2) is 0 Å². The van der Waals surface area contributed by atoms with Crippen LogP contribution in [0.3, 0.4) is 0 Å². The average Bonchev–Trinajstić information content (AvgIpc) is 2.41. The lowest BCUT2D eigenvalue weighted by atomic mass is 10.2. The molecule has 4 nitrogen and oxygen atoms in total. The molecule has 0 heterocycles. The van der Waals surface area contributed by atoms with Crippen molar-refractivity contribution in [1.29, 1.82) is 10.5 Å². The summed E-state index contributed by atoms with van der Waals surface area (Å²) in [4.78, 5) is 2.10. The minimum atomic E-state index is 0.550. The lowest BCUT2D eigenvalue weighted by Crippen LogP contribution is -2.22. The van der Waals surface area contributed by atoms with Gasteiger partial charge in [0, 0.05) is 19.5 Å². The van der Waals surface area contributed by atoms with Gasteiger partial charge in [0.2, 0.25) is 0 Å². The van der Waals surface area contributed by atoms with Gasteiger partial charge in [0.05, 0.1) is 18.2 Å². The third-order valence-corrected chi connectivity index (χ3v) is 2.55. The van der Waals surface area contributed by atoms with E-state index in [2.05, 4.69) is 17.0 Å². The Morgan fingerprint density at radius 2 is 2.00 bits per heavy atom. The first kappa shape index (κ1) is 14.0. The molecular weight excluding hydrogens is 226 g/mol. The summed E-state index contributed by atoms with van der Waals surface area (Å²) >= 11 is 0. The van der Waals surface area contributed by atoms with E-state index in [9.17, 15) is 0 Å². The summed E-state index contributed by atoms with van der Waals surface area (Å²) in [6, 6.07) is 11.4. The molecule has 0 bridgehead atoms. The molecule has 0 saturated heterocycles. The highest BCUT2D eigenvalue weighted by atomic mass is 16.5. The molecule has 0 fully saturated rings. The quantitative estimate of drug-likeness (QED) is 0.689. The molecule has 0 aliphatic rings. The van der Waals surface area contributed by atoms with Crippen LogP contribution < -0.4 is 4.74 Å². The zero-order chi connectivity index (χ0) is 13.2. The second kappa shape index (κ2) is 8.11. The molecule has 0 saturated carbocycles. The van der Waals surface area contributed by atoms with Gasteiger partial charge in [0.1, 0.15) is 11.8 Å². The Morgan fingerprint density at radius 3 is 2.72 bits per heavy atom. The lowest BCUT2D eigenvalue weighted by Gasteiger charge is -2.14. The van der Waals surface area contributed by atoms with Gasteiger partial charge in [-0.15, -0.1) is 0 Å². The van der Waals surface area contributed by atoms with E-state index in [1.54, 1.807) is 12.1 Å². The predicted octanol–water partition coefficient (Wildman–Crippen LogP) is 2.17. The highest BCUT2D eigenvalue weighted by Crippen LogP contribution is 2.16. The maximum absolute atomic E-state index is 8.89. The number of benzene rings is 1. The van der Waals surface area contributed by atoms with Crippen molar-refractivity contribution >= 4 is 0 Å². The number of nitriles is 2. The molecule has 18 heavy (non-hydrogen) atoms. The Morgan fingerprint density at radius 1 is 1.22 bits per heavy atom. The Bertz CT molecular complexity index is 445. The summed E-state index contributed by atoms with van der Waals surface area (Å²) < 4.78 is 5.57. The zero-order valence-corrected chi connectivity index (χ0v) is 10.6. The molecule has 0 amide bonds. The molecule has 0 atom stereocenters. The van der Waals surface area contributed by atoms with Gasteiger partial charge in [-0.2, -0.15) is 10.5 Å². The zero-order valence-electron chi connectivity index (χ0n) is 10.6. The number of rotatable bonds is 7. The van der Waals surface area contributed by atoms with Crippen molar-refractivity contribution in [2.24, 2.45) is 0 Å². The Labute approximate surface area is 108 Å². The van der Waals surface area contributed by atoms with Crippen LogP contribution in [0.25, 0.3) is 0 Å². The van der Waals surface area contributed by atoms with Crippen LogP contribution in [-0.2, 0) is 0 Å². The van der Waals surface area contributed by atoms with Crippen LogP contribution in [-0.4, -0.2) is 31.6 Å². The van der Waals surface area contributed by atoms with Crippen LogP contribution in [0.1, 0.15) is 18.4 Å². The summed E-state index contributed by atoms with van der Waals surface area (Å²) in [7, 11) is 1.99. The highest BCUT2D eigenvalue weighted by Gasteiger charge is 2.02. The smallest absolute Gasteiger partial charge is 0.137 e. The molecule has 1 aromatic rings. The largest absolute Gasteiger partial charge is 0.492 e. The number of nitrogens with zero attached hydrogens (tertiary/aromatic N) is 3. The van der Waals surface area contributed by atoms with Gasteiger partial charge in [-0.05, 0) is 25.6 Å². The first-order chi connectivity index (χ1) is 8.77. The fourth-order valence-electron chi connectivity index (χ4n) is 1.55. The molecular formula is C14H17N3O. The van der Waals surface area contributed by atoms with E-state index in [1.165, 1.54) is 0 Å². The van der Waals surface area contributed by atoms with Crippen molar-refractivity contribution in [2.45, 2.75) is 12.8 Å². The number of hydrogen-bond donors (Lipinski definition) is 0. The first-order valence-electron chi connectivity index (χ1n) is 5.95. The maximum atomic E-state index is 8.89. The lowest BCUT2D eigenvalue weighted by molar-refractivity contribution is 0.265. The summed E-state index contributed by atoms with van der Waals surface area (Å²) in [5.41, 5.74) is 0.565. The topological polar surface area (TPSA) is 60.1 Å². The third-order valence-electron chi connectivity index (χ3n) is 2.55. The fourth-order valence-corrected chi connectivity index (χ4v) is 1.55. The SMILES string of the molecule is CN(CCC#N)CCCOc1ccccc1C#N. The van der Waals surface area contributed by atoms with Gasteiger partial charge in [0.15, 0.2) is 0 Å². The van der Waals surface area contributed by atoms with E-state index in [1.807, 2.05) is 19.2 Å². The molecule has 94 valence electrons. The maximum Gasteiger partial charge on any atom is 0.137 e. The summed E-state index contributed by atoms with van der Waals surface area (Å²) in [5, 5.41) is 17.4. The molecule has 0 radical (unpaired) electrons. The second-order valence-electron chi connectivity index (χ2n) is 4.02. The van der Waals surface area contributed by atoms with Crippen LogP contribution in [0.5, 0.6) is 5.75 Å². The minimum absolute atomic E-state index is 0.550. The van der Waals surface area contributed by atoms with E-state index in [-0.39, 0.29) is 0 Å². The van der Waals surface area contributed by atoms with E-state index in [4.69, 9.17) is 15.3 Å². The van der Waals surface area contributed by atoms with Crippen molar-refractivity contribution in [2.75, 3.05) is 26.7 Å². The molecule has 0 aliphatic heterocycles. The third kappa shape index (κ3) is 4.86. The Balaban J connectivity index is 2.26. The summed E-state index contributed by atoms with van der Waals surface area (Å²) in [6.07, 6.45) is 1.43. The number of para-hydroxylation sites is 1. The van der Waals surface area contributed by atoms with Gasteiger partial charge in [0.25, 0.3) is 0 Å². The predicted molar refractivity (Wildman–Crippen MR) is 69.0 cm³/mol. The molecule has 1 rings (SSSR count). The van der Waals surface area contributed by atoms with Crippen molar-refractivity contribution in [3.8, 4) is 17.9 Å².